The maximum atomic E-state index is 12.8. The molecule has 1 amide bonds. The number of hydrogen-bond donors (Lipinski definition) is 1. The molecule has 2 aromatic heterocycles. The molecule has 7 heteroatoms. The largest absolute Gasteiger partial charge is 0.493 e. The number of rotatable bonds is 5. The van der Waals surface area contributed by atoms with Gasteiger partial charge in [0, 0.05) is 28.9 Å². The summed E-state index contributed by atoms with van der Waals surface area (Å²) in [6, 6.07) is 13.4. The first kappa shape index (κ1) is 18.1. The summed E-state index contributed by atoms with van der Waals surface area (Å²) >= 11 is 1.43. The van der Waals surface area contributed by atoms with E-state index < -0.39 is 0 Å². The van der Waals surface area contributed by atoms with Crippen LogP contribution >= 0.6 is 11.3 Å². The summed E-state index contributed by atoms with van der Waals surface area (Å²) in [5.74, 6) is 0.946. The van der Waals surface area contributed by atoms with E-state index in [0.29, 0.717) is 22.9 Å². The summed E-state index contributed by atoms with van der Waals surface area (Å²) < 4.78 is 12.3. The smallest absolute Gasteiger partial charge is 0.273 e. The van der Waals surface area contributed by atoms with Crippen LogP contribution in [0.3, 0.4) is 0 Å². The first-order chi connectivity index (χ1) is 13.6. The Balaban J connectivity index is 1.62. The number of nitrogens with zero attached hydrogens (tertiary/aromatic N) is 2. The van der Waals surface area contributed by atoms with Gasteiger partial charge in [-0.05, 0) is 19.1 Å². The van der Waals surface area contributed by atoms with Crippen molar-refractivity contribution in [3.05, 3.63) is 65.3 Å². The Hall–Kier alpha value is -3.32. The van der Waals surface area contributed by atoms with Gasteiger partial charge in [-0.15, -0.1) is 11.3 Å². The van der Waals surface area contributed by atoms with Gasteiger partial charge in [0.1, 0.15) is 5.69 Å². The quantitative estimate of drug-likeness (QED) is 0.536. The van der Waals surface area contributed by atoms with E-state index in [-0.39, 0.29) is 5.91 Å². The Morgan fingerprint density at radius 1 is 1.07 bits per heavy atom. The number of benzene rings is 2. The first-order valence-electron chi connectivity index (χ1n) is 8.66. The van der Waals surface area contributed by atoms with Crippen LogP contribution in [0.5, 0.6) is 11.5 Å². The lowest BCUT2D eigenvalue weighted by atomic mass is 10.1. The molecule has 2 heterocycles. The van der Waals surface area contributed by atoms with Gasteiger partial charge < -0.3 is 14.8 Å². The highest BCUT2D eigenvalue weighted by Gasteiger charge is 2.16. The zero-order chi connectivity index (χ0) is 19.7. The number of methoxy groups -OCH3 is 2. The zero-order valence-corrected chi connectivity index (χ0v) is 16.5. The van der Waals surface area contributed by atoms with Gasteiger partial charge in [-0.2, -0.15) is 0 Å². The number of thiazole rings is 1. The maximum Gasteiger partial charge on any atom is 0.273 e. The van der Waals surface area contributed by atoms with E-state index >= 15 is 0 Å². The van der Waals surface area contributed by atoms with Crippen molar-refractivity contribution in [1.82, 2.24) is 9.38 Å². The number of amides is 1. The molecule has 0 aliphatic rings. The zero-order valence-electron chi connectivity index (χ0n) is 15.7. The molecule has 0 radical (unpaired) electrons. The second kappa shape index (κ2) is 7.36. The SMILES string of the molecule is COc1ccc(NC(=O)c2csc3nc(-c4ccc(C)cc4)cn23)cc1OC. The minimum absolute atomic E-state index is 0.216. The molecule has 4 rings (SSSR count). The Bertz CT molecular complexity index is 1150. The maximum absolute atomic E-state index is 12.8. The van der Waals surface area contributed by atoms with Crippen LogP contribution in [0.1, 0.15) is 16.1 Å². The number of nitrogens with one attached hydrogen (secondary N) is 1. The molecule has 0 bridgehead atoms. The Labute approximate surface area is 166 Å². The lowest BCUT2D eigenvalue weighted by Gasteiger charge is -2.10. The fourth-order valence-corrected chi connectivity index (χ4v) is 3.77. The predicted molar refractivity (Wildman–Crippen MR) is 111 cm³/mol. The summed E-state index contributed by atoms with van der Waals surface area (Å²) in [6.45, 7) is 2.05. The molecule has 0 saturated carbocycles. The van der Waals surface area contributed by atoms with E-state index in [2.05, 4.69) is 10.3 Å². The standard InChI is InChI=1S/C21H19N3O3S/c1-13-4-6-14(7-5-13)16-11-24-17(12-28-21(24)23-16)20(25)22-15-8-9-18(26-2)19(10-15)27-3/h4-12H,1-3H3,(H,22,25). The molecule has 0 fully saturated rings. The van der Waals surface area contributed by atoms with Crippen LogP contribution in [0.2, 0.25) is 0 Å². The molecule has 1 N–H and O–H groups in total. The number of anilines is 1. The van der Waals surface area contributed by atoms with Gasteiger partial charge >= 0.3 is 0 Å². The molecule has 0 aliphatic heterocycles. The van der Waals surface area contributed by atoms with Gasteiger partial charge in [0.05, 0.1) is 19.9 Å². The Kier molecular flexibility index (Phi) is 4.75. The summed E-state index contributed by atoms with van der Waals surface area (Å²) in [6.07, 6.45) is 1.89. The second-order valence-electron chi connectivity index (χ2n) is 6.29. The Morgan fingerprint density at radius 3 is 2.54 bits per heavy atom. The van der Waals surface area contributed by atoms with Crippen molar-refractivity contribution in [2.45, 2.75) is 6.92 Å². The minimum Gasteiger partial charge on any atom is -0.493 e. The van der Waals surface area contributed by atoms with Gasteiger partial charge in [0.2, 0.25) is 0 Å². The van der Waals surface area contributed by atoms with Crippen molar-refractivity contribution in [3.8, 4) is 22.8 Å². The number of carbonyl (C=O) groups is 1. The third-order valence-corrected chi connectivity index (χ3v) is 5.27. The van der Waals surface area contributed by atoms with Crippen LogP contribution in [0.15, 0.2) is 54.0 Å². The van der Waals surface area contributed by atoms with E-state index in [9.17, 15) is 4.79 Å². The van der Waals surface area contributed by atoms with Crippen LogP contribution < -0.4 is 14.8 Å². The third kappa shape index (κ3) is 3.32. The van der Waals surface area contributed by atoms with Crippen molar-refractivity contribution in [2.24, 2.45) is 0 Å². The van der Waals surface area contributed by atoms with Gasteiger partial charge in [-0.1, -0.05) is 29.8 Å². The number of aromatic nitrogens is 2. The van der Waals surface area contributed by atoms with Crippen LogP contribution in [0.4, 0.5) is 5.69 Å². The van der Waals surface area contributed by atoms with Crippen LogP contribution in [-0.2, 0) is 0 Å². The molecule has 6 nitrogen and oxygen atoms in total. The second-order valence-corrected chi connectivity index (χ2v) is 7.13. The highest BCUT2D eigenvalue weighted by Crippen LogP contribution is 2.30. The van der Waals surface area contributed by atoms with E-state index in [1.807, 2.05) is 41.8 Å². The molecule has 0 spiro atoms. The lowest BCUT2D eigenvalue weighted by Crippen LogP contribution is -2.14. The van der Waals surface area contributed by atoms with E-state index in [1.165, 1.54) is 16.9 Å². The van der Waals surface area contributed by atoms with Crippen molar-refractivity contribution < 1.29 is 14.3 Å². The molecule has 0 aliphatic carbocycles. The molecule has 0 atom stereocenters. The number of aryl methyl sites for hydroxylation is 1. The minimum atomic E-state index is -0.216. The van der Waals surface area contributed by atoms with Gasteiger partial charge in [-0.25, -0.2) is 4.98 Å². The Morgan fingerprint density at radius 2 is 1.82 bits per heavy atom. The fourth-order valence-electron chi connectivity index (χ4n) is 2.92. The van der Waals surface area contributed by atoms with Crippen LogP contribution in [-0.4, -0.2) is 29.5 Å². The molecule has 2 aromatic carbocycles. The first-order valence-corrected chi connectivity index (χ1v) is 9.54. The number of hydrogen-bond acceptors (Lipinski definition) is 5. The summed E-state index contributed by atoms with van der Waals surface area (Å²) in [5.41, 5.74) is 4.21. The lowest BCUT2D eigenvalue weighted by molar-refractivity contribution is 0.102. The monoisotopic (exact) mass is 393 g/mol. The highest BCUT2D eigenvalue weighted by atomic mass is 32.1. The fraction of sp³-hybridized carbons (Fsp3) is 0.143. The molecule has 0 unspecified atom stereocenters. The topological polar surface area (TPSA) is 64.9 Å². The number of fused-ring (bicyclic) bond motifs is 1. The van der Waals surface area contributed by atoms with Crippen LogP contribution in [0.25, 0.3) is 16.2 Å². The molecule has 4 aromatic rings. The summed E-state index contributed by atoms with van der Waals surface area (Å²) in [5, 5.41) is 4.71. The van der Waals surface area contributed by atoms with Crippen molar-refractivity contribution >= 4 is 27.9 Å². The predicted octanol–water partition coefficient (Wildman–Crippen LogP) is 4.64. The molecular weight excluding hydrogens is 374 g/mol. The van der Waals surface area contributed by atoms with Crippen molar-refractivity contribution in [2.75, 3.05) is 19.5 Å². The van der Waals surface area contributed by atoms with Gasteiger partial charge in [0.25, 0.3) is 5.91 Å². The van der Waals surface area contributed by atoms with E-state index in [1.54, 1.807) is 37.8 Å². The summed E-state index contributed by atoms with van der Waals surface area (Å²) in [4.78, 5) is 18.2. The van der Waals surface area contributed by atoms with Gasteiger partial charge in [0.15, 0.2) is 16.5 Å². The molecular formula is C21H19N3O3S. The molecule has 0 saturated heterocycles. The number of carbonyl (C=O) groups excluding carboxylic acids is 1. The van der Waals surface area contributed by atoms with E-state index in [0.717, 1.165) is 16.2 Å². The third-order valence-electron chi connectivity index (χ3n) is 4.43. The number of imidazole rings is 1. The normalized spacial score (nSPS) is 10.8. The van der Waals surface area contributed by atoms with Crippen molar-refractivity contribution in [1.29, 1.82) is 0 Å². The summed E-state index contributed by atoms with van der Waals surface area (Å²) in [7, 11) is 3.13. The highest BCUT2D eigenvalue weighted by molar-refractivity contribution is 7.15. The van der Waals surface area contributed by atoms with Crippen molar-refractivity contribution in [3.63, 3.8) is 0 Å². The van der Waals surface area contributed by atoms with Crippen LogP contribution in [0, 0.1) is 6.92 Å². The van der Waals surface area contributed by atoms with Gasteiger partial charge in [-0.3, -0.25) is 9.20 Å². The number of ether oxygens (including phenoxy) is 2. The van der Waals surface area contributed by atoms with E-state index in [4.69, 9.17) is 9.47 Å². The molecule has 142 valence electrons. The average molecular weight is 393 g/mol. The molecule has 28 heavy (non-hydrogen) atoms. The average Bonchev–Trinajstić information content (AvgIpc) is 3.29.